The third-order valence-corrected chi connectivity index (χ3v) is 4.98. The van der Waals surface area contributed by atoms with Gasteiger partial charge in [0.2, 0.25) is 0 Å². The molecular formula is C18H17ClN2OS. The molecule has 23 heavy (non-hydrogen) atoms. The summed E-state index contributed by atoms with van der Waals surface area (Å²) in [5.74, 6) is 0.868. The highest BCUT2D eigenvalue weighted by atomic mass is 35.5. The number of halogens is 1. The average molecular weight is 345 g/mol. The van der Waals surface area contributed by atoms with Gasteiger partial charge in [-0.3, -0.25) is 0 Å². The zero-order chi connectivity index (χ0) is 16.1. The monoisotopic (exact) mass is 344 g/mol. The molecule has 3 aromatic rings. The first-order chi connectivity index (χ1) is 11.2. The second-order valence-corrected chi connectivity index (χ2v) is 6.81. The molecule has 5 heteroatoms. The standard InChI is InChI=1S/C18H17ClN2OS/c1-22-16-3-2-4-17(11-16)23-18(12-21-10-9-20-13-21)14-5-7-15(19)8-6-14/h2-11,13,18H,12H2,1H3. The van der Waals surface area contributed by atoms with Crippen molar-refractivity contribution in [3.8, 4) is 5.75 Å². The second kappa shape index (κ2) is 7.57. The van der Waals surface area contributed by atoms with Crippen LogP contribution in [0.1, 0.15) is 10.8 Å². The van der Waals surface area contributed by atoms with Gasteiger partial charge in [-0.2, -0.15) is 0 Å². The predicted octanol–water partition coefficient (Wildman–Crippen LogP) is 5.08. The van der Waals surface area contributed by atoms with Gasteiger partial charge in [-0.25, -0.2) is 4.98 Å². The van der Waals surface area contributed by atoms with E-state index in [9.17, 15) is 0 Å². The van der Waals surface area contributed by atoms with Crippen molar-refractivity contribution in [1.82, 2.24) is 9.55 Å². The maximum absolute atomic E-state index is 6.02. The normalized spacial score (nSPS) is 12.1. The highest BCUT2D eigenvalue weighted by molar-refractivity contribution is 7.99. The molecule has 0 aliphatic heterocycles. The Labute approximate surface area is 145 Å². The summed E-state index contributed by atoms with van der Waals surface area (Å²) < 4.78 is 7.41. The third kappa shape index (κ3) is 4.30. The smallest absolute Gasteiger partial charge is 0.119 e. The predicted molar refractivity (Wildman–Crippen MR) is 95.3 cm³/mol. The van der Waals surface area contributed by atoms with Crippen molar-refractivity contribution < 1.29 is 4.74 Å². The van der Waals surface area contributed by atoms with Gasteiger partial charge in [0, 0.05) is 28.9 Å². The highest BCUT2D eigenvalue weighted by Crippen LogP contribution is 2.38. The van der Waals surface area contributed by atoms with E-state index in [4.69, 9.17) is 16.3 Å². The summed E-state index contributed by atoms with van der Waals surface area (Å²) in [6.07, 6.45) is 5.62. The molecule has 0 bridgehead atoms. The van der Waals surface area contributed by atoms with Gasteiger partial charge in [0.05, 0.1) is 18.7 Å². The van der Waals surface area contributed by atoms with Gasteiger partial charge >= 0.3 is 0 Å². The van der Waals surface area contributed by atoms with Crippen molar-refractivity contribution in [2.24, 2.45) is 0 Å². The number of nitrogens with zero attached hydrogens (tertiary/aromatic N) is 2. The fourth-order valence-electron chi connectivity index (χ4n) is 2.31. The lowest BCUT2D eigenvalue weighted by molar-refractivity contribution is 0.413. The van der Waals surface area contributed by atoms with E-state index in [-0.39, 0.29) is 5.25 Å². The van der Waals surface area contributed by atoms with Crippen LogP contribution in [0.3, 0.4) is 0 Å². The number of hydrogen-bond acceptors (Lipinski definition) is 3. The Morgan fingerprint density at radius 3 is 2.74 bits per heavy atom. The zero-order valence-electron chi connectivity index (χ0n) is 12.7. The summed E-state index contributed by atoms with van der Waals surface area (Å²) in [4.78, 5) is 5.30. The summed E-state index contributed by atoms with van der Waals surface area (Å²) in [6, 6.07) is 16.2. The fourth-order valence-corrected chi connectivity index (χ4v) is 3.65. The Morgan fingerprint density at radius 2 is 2.04 bits per heavy atom. The van der Waals surface area contributed by atoms with E-state index in [2.05, 4.69) is 33.8 Å². The third-order valence-electron chi connectivity index (χ3n) is 3.50. The Morgan fingerprint density at radius 1 is 1.22 bits per heavy atom. The maximum Gasteiger partial charge on any atom is 0.119 e. The van der Waals surface area contributed by atoms with Crippen LogP contribution in [-0.4, -0.2) is 16.7 Å². The zero-order valence-corrected chi connectivity index (χ0v) is 14.3. The molecule has 3 rings (SSSR count). The van der Waals surface area contributed by atoms with Gasteiger partial charge in [-0.05, 0) is 35.9 Å². The van der Waals surface area contributed by atoms with Gasteiger partial charge in [-0.15, -0.1) is 11.8 Å². The van der Waals surface area contributed by atoms with Gasteiger partial charge in [0.15, 0.2) is 0 Å². The molecule has 0 spiro atoms. The first kappa shape index (κ1) is 16.0. The first-order valence-corrected chi connectivity index (χ1v) is 8.52. The number of methoxy groups -OCH3 is 1. The van der Waals surface area contributed by atoms with Crippen LogP contribution in [0.5, 0.6) is 5.75 Å². The number of benzene rings is 2. The molecule has 0 aliphatic carbocycles. The summed E-state index contributed by atoms with van der Waals surface area (Å²) in [5.41, 5.74) is 1.23. The van der Waals surface area contributed by atoms with Crippen LogP contribution in [0.2, 0.25) is 5.02 Å². The van der Waals surface area contributed by atoms with Crippen LogP contribution in [0.4, 0.5) is 0 Å². The van der Waals surface area contributed by atoms with Crippen molar-refractivity contribution in [1.29, 1.82) is 0 Å². The topological polar surface area (TPSA) is 27.1 Å². The summed E-state index contributed by atoms with van der Waals surface area (Å²) in [5, 5.41) is 1.01. The van der Waals surface area contributed by atoms with E-state index in [1.54, 1.807) is 25.1 Å². The molecule has 2 aromatic carbocycles. The molecule has 1 heterocycles. The SMILES string of the molecule is COc1cccc(SC(Cn2ccnc2)c2ccc(Cl)cc2)c1. The minimum absolute atomic E-state index is 0.258. The number of rotatable bonds is 6. The summed E-state index contributed by atoms with van der Waals surface area (Å²) in [6.45, 7) is 0.837. The van der Waals surface area contributed by atoms with Crippen LogP contribution in [0, 0.1) is 0 Å². The molecule has 1 aromatic heterocycles. The molecule has 0 radical (unpaired) electrons. The van der Waals surface area contributed by atoms with E-state index in [0.29, 0.717) is 0 Å². The van der Waals surface area contributed by atoms with Crippen LogP contribution in [-0.2, 0) is 6.54 Å². The minimum atomic E-state index is 0.258. The number of thioether (sulfide) groups is 1. The van der Waals surface area contributed by atoms with Crippen LogP contribution >= 0.6 is 23.4 Å². The van der Waals surface area contributed by atoms with Crippen molar-refractivity contribution in [3.63, 3.8) is 0 Å². The maximum atomic E-state index is 6.02. The highest BCUT2D eigenvalue weighted by Gasteiger charge is 2.14. The lowest BCUT2D eigenvalue weighted by atomic mass is 10.1. The molecule has 0 amide bonds. The van der Waals surface area contributed by atoms with Gasteiger partial charge in [-0.1, -0.05) is 29.8 Å². The largest absolute Gasteiger partial charge is 0.497 e. The average Bonchev–Trinajstić information content (AvgIpc) is 3.08. The molecule has 1 unspecified atom stereocenters. The molecule has 0 saturated carbocycles. The Hall–Kier alpha value is -1.91. The fraction of sp³-hybridized carbons (Fsp3) is 0.167. The number of imidazole rings is 1. The molecule has 0 N–H and O–H groups in total. The molecule has 0 saturated heterocycles. The number of hydrogen-bond donors (Lipinski definition) is 0. The first-order valence-electron chi connectivity index (χ1n) is 7.26. The van der Waals surface area contributed by atoms with Crippen molar-refractivity contribution >= 4 is 23.4 Å². The van der Waals surface area contributed by atoms with Gasteiger partial charge in [0.25, 0.3) is 0 Å². The van der Waals surface area contributed by atoms with Crippen LogP contribution < -0.4 is 4.74 Å². The lowest BCUT2D eigenvalue weighted by Gasteiger charge is -2.18. The van der Waals surface area contributed by atoms with Crippen molar-refractivity contribution in [2.75, 3.05) is 7.11 Å². The second-order valence-electron chi connectivity index (χ2n) is 5.10. The molecule has 0 fully saturated rings. The van der Waals surface area contributed by atoms with E-state index < -0.39 is 0 Å². The Kier molecular flexibility index (Phi) is 5.26. The molecule has 3 nitrogen and oxygen atoms in total. The van der Waals surface area contributed by atoms with Crippen LogP contribution in [0.25, 0.3) is 0 Å². The molecule has 1 atom stereocenters. The van der Waals surface area contributed by atoms with Crippen molar-refractivity contribution in [3.05, 3.63) is 77.8 Å². The molecule has 118 valence electrons. The van der Waals surface area contributed by atoms with Gasteiger partial charge < -0.3 is 9.30 Å². The Bertz CT molecular complexity index is 744. The van der Waals surface area contributed by atoms with Crippen LogP contribution in [0.15, 0.2) is 72.1 Å². The number of ether oxygens (including phenoxy) is 1. The number of aromatic nitrogens is 2. The van der Waals surface area contributed by atoms with Crippen molar-refractivity contribution in [2.45, 2.75) is 16.7 Å². The molecule has 0 aliphatic rings. The Balaban J connectivity index is 1.86. The van der Waals surface area contributed by atoms with Gasteiger partial charge in [0.1, 0.15) is 5.75 Å². The van der Waals surface area contributed by atoms with E-state index >= 15 is 0 Å². The minimum Gasteiger partial charge on any atom is -0.497 e. The van der Waals surface area contributed by atoms with E-state index in [1.807, 2.05) is 36.8 Å². The summed E-state index contributed by atoms with van der Waals surface area (Å²) >= 11 is 7.82. The summed E-state index contributed by atoms with van der Waals surface area (Å²) in [7, 11) is 1.69. The van der Waals surface area contributed by atoms with E-state index in [0.717, 1.165) is 17.3 Å². The molecular weight excluding hydrogens is 328 g/mol. The van der Waals surface area contributed by atoms with E-state index in [1.165, 1.54) is 10.5 Å². The quantitative estimate of drug-likeness (QED) is 0.583. The lowest BCUT2D eigenvalue weighted by Crippen LogP contribution is -2.05.